The third-order valence-electron chi connectivity index (χ3n) is 4.68. The lowest BCUT2D eigenvalue weighted by molar-refractivity contribution is -0.157. The quantitative estimate of drug-likeness (QED) is 0.755. The Bertz CT molecular complexity index is 820. The van der Waals surface area contributed by atoms with Crippen LogP contribution in [0.15, 0.2) is 48.5 Å². The lowest BCUT2D eigenvalue weighted by Crippen LogP contribution is -2.42. The summed E-state index contributed by atoms with van der Waals surface area (Å²) in [5.74, 6) is -1.01. The second-order valence-corrected chi connectivity index (χ2v) is 6.28. The zero-order chi connectivity index (χ0) is 16.2. The van der Waals surface area contributed by atoms with Gasteiger partial charge < -0.3 is 9.64 Å². The van der Waals surface area contributed by atoms with Crippen LogP contribution in [0.25, 0.3) is 0 Å². The lowest BCUT2D eigenvalue weighted by Gasteiger charge is -2.28. The largest absolute Gasteiger partial charge is 0.443 e. The van der Waals surface area contributed by atoms with Gasteiger partial charge in [0.25, 0.3) is 5.91 Å². The van der Waals surface area contributed by atoms with Crippen molar-refractivity contribution in [2.24, 2.45) is 0 Å². The van der Waals surface area contributed by atoms with E-state index in [1.807, 2.05) is 36.4 Å². The molecule has 4 nitrogen and oxygen atoms in total. The van der Waals surface area contributed by atoms with Crippen LogP contribution in [0, 0.1) is 0 Å². The molecular formula is C18H14ClNO3. The Balaban J connectivity index is 1.99. The molecule has 0 N–H and O–H groups in total. The van der Waals surface area contributed by atoms with Crippen LogP contribution >= 0.6 is 11.6 Å². The summed E-state index contributed by atoms with van der Waals surface area (Å²) in [6.07, 6.45) is 0.161. The Morgan fingerprint density at radius 2 is 1.87 bits per heavy atom. The number of carbonyl (C=O) groups is 2. The summed E-state index contributed by atoms with van der Waals surface area (Å²) in [5.41, 5.74) is 0.820. The van der Waals surface area contributed by atoms with Gasteiger partial charge in [0.15, 0.2) is 0 Å². The number of esters is 1. The zero-order valence-corrected chi connectivity index (χ0v) is 13.2. The molecule has 2 aliphatic heterocycles. The number of carbonyl (C=O) groups excluding carboxylic acids is 2. The molecule has 2 aliphatic rings. The molecule has 0 bridgehead atoms. The van der Waals surface area contributed by atoms with E-state index in [1.165, 1.54) is 4.90 Å². The van der Waals surface area contributed by atoms with E-state index < -0.39 is 5.60 Å². The van der Waals surface area contributed by atoms with Crippen LogP contribution < -0.4 is 4.90 Å². The first-order chi connectivity index (χ1) is 11.1. The van der Waals surface area contributed by atoms with Gasteiger partial charge in [-0.15, -0.1) is 0 Å². The van der Waals surface area contributed by atoms with E-state index in [0.29, 0.717) is 16.3 Å². The van der Waals surface area contributed by atoms with E-state index in [9.17, 15) is 9.59 Å². The first kappa shape index (κ1) is 14.3. The minimum Gasteiger partial charge on any atom is -0.443 e. The van der Waals surface area contributed by atoms with E-state index in [1.54, 1.807) is 19.2 Å². The summed E-state index contributed by atoms with van der Waals surface area (Å²) in [6.45, 7) is 0. The highest BCUT2D eigenvalue weighted by atomic mass is 35.5. The van der Waals surface area contributed by atoms with Gasteiger partial charge in [-0.1, -0.05) is 48.0 Å². The maximum atomic E-state index is 13.1. The van der Waals surface area contributed by atoms with Gasteiger partial charge in [0.2, 0.25) is 5.60 Å². The van der Waals surface area contributed by atoms with Gasteiger partial charge >= 0.3 is 5.97 Å². The number of likely N-dealkylation sites (N-methyl/N-ethyl adjacent to an activating group) is 1. The summed E-state index contributed by atoms with van der Waals surface area (Å²) >= 11 is 6.40. The summed E-state index contributed by atoms with van der Waals surface area (Å²) in [5, 5.41) is 0.441. The van der Waals surface area contributed by atoms with Gasteiger partial charge in [0, 0.05) is 18.5 Å². The fraction of sp³-hybridized carbons (Fsp3) is 0.222. The number of benzene rings is 2. The fourth-order valence-electron chi connectivity index (χ4n) is 3.68. The molecule has 1 saturated heterocycles. The normalized spacial score (nSPS) is 25.8. The van der Waals surface area contributed by atoms with Crippen LogP contribution in [0.1, 0.15) is 23.5 Å². The number of halogens is 1. The van der Waals surface area contributed by atoms with Crippen molar-refractivity contribution in [3.05, 3.63) is 64.7 Å². The minimum absolute atomic E-state index is 0.161. The molecular weight excluding hydrogens is 314 g/mol. The molecule has 0 unspecified atom stereocenters. The molecule has 0 saturated carbocycles. The predicted octanol–water partition coefficient (Wildman–Crippen LogP) is 3.24. The SMILES string of the molecule is CN1C(=O)[C@@]2(OC(=O)C[C@@H]2c2ccccc2)c2c(Cl)cccc21. The highest BCUT2D eigenvalue weighted by Gasteiger charge is 2.63. The van der Waals surface area contributed by atoms with E-state index in [2.05, 4.69) is 0 Å². The van der Waals surface area contributed by atoms with E-state index in [-0.39, 0.29) is 24.2 Å². The first-order valence-electron chi connectivity index (χ1n) is 7.39. The third kappa shape index (κ3) is 1.78. The molecule has 4 rings (SSSR count). The second kappa shape index (κ2) is 4.83. The maximum absolute atomic E-state index is 13.1. The standard InChI is InChI=1S/C18H14ClNO3/c1-20-14-9-5-8-13(19)16(14)18(17(20)22)12(10-15(21)23-18)11-6-3-2-4-7-11/h2-9,12H,10H2,1H3/t12-,18+/m1/s1. The summed E-state index contributed by atoms with van der Waals surface area (Å²) in [4.78, 5) is 26.7. The Labute approximate surface area is 138 Å². The lowest BCUT2D eigenvalue weighted by atomic mass is 9.78. The van der Waals surface area contributed by atoms with Crippen LogP contribution in [0.3, 0.4) is 0 Å². The monoisotopic (exact) mass is 327 g/mol. The van der Waals surface area contributed by atoms with Crippen molar-refractivity contribution in [2.75, 3.05) is 11.9 Å². The first-order valence-corrected chi connectivity index (χ1v) is 7.77. The average Bonchev–Trinajstić information content (AvgIpc) is 3.01. The summed E-state index contributed by atoms with van der Waals surface area (Å²) in [7, 11) is 1.68. The number of anilines is 1. The smallest absolute Gasteiger partial charge is 0.308 e. The molecule has 1 amide bonds. The molecule has 5 heteroatoms. The van der Waals surface area contributed by atoms with Crippen LogP contribution in [0.4, 0.5) is 5.69 Å². The molecule has 0 aromatic heterocycles. The van der Waals surface area contributed by atoms with Gasteiger partial charge in [-0.05, 0) is 17.7 Å². The Morgan fingerprint density at radius 3 is 2.61 bits per heavy atom. The van der Waals surface area contributed by atoms with Crippen LogP contribution in [-0.2, 0) is 19.9 Å². The van der Waals surface area contributed by atoms with Crippen molar-refractivity contribution in [3.8, 4) is 0 Å². The highest BCUT2D eigenvalue weighted by molar-refractivity contribution is 6.33. The van der Waals surface area contributed by atoms with Crippen molar-refractivity contribution in [3.63, 3.8) is 0 Å². The molecule has 1 spiro atoms. The molecule has 23 heavy (non-hydrogen) atoms. The number of nitrogens with zero attached hydrogens (tertiary/aromatic N) is 1. The van der Waals surface area contributed by atoms with Crippen molar-refractivity contribution in [1.29, 1.82) is 0 Å². The van der Waals surface area contributed by atoms with Crippen molar-refractivity contribution in [2.45, 2.75) is 17.9 Å². The topological polar surface area (TPSA) is 46.6 Å². The third-order valence-corrected chi connectivity index (χ3v) is 5.00. The molecule has 116 valence electrons. The molecule has 0 aliphatic carbocycles. The number of ether oxygens (including phenoxy) is 1. The van der Waals surface area contributed by atoms with Crippen LogP contribution in [0.5, 0.6) is 0 Å². The molecule has 2 atom stereocenters. The van der Waals surface area contributed by atoms with E-state index in [4.69, 9.17) is 16.3 Å². The number of rotatable bonds is 1. The van der Waals surface area contributed by atoms with E-state index in [0.717, 1.165) is 5.56 Å². The highest BCUT2D eigenvalue weighted by Crippen LogP contribution is 2.56. The molecule has 2 aromatic carbocycles. The fourth-order valence-corrected chi connectivity index (χ4v) is 3.99. The molecule has 0 radical (unpaired) electrons. The number of hydrogen-bond acceptors (Lipinski definition) is 3. The Hall–Kier alpha value is -2.33. The van der Waals surface area contributed by atoms with Crippen LogP contribution in [-0.4, -0.2) is 18.9 Å². The summed E-state index contributed by atoms with van der Waals surface area (Å²) < 4.78 is 5.65. The Morgan fingerprint density at radius 1 is 1.13 bits per heavy atom. The predicted molar refractivity (Wildman–Crippen MR) is 86.4 cm³/mol. The van der Waals surface area contributed by atoms with Crippen molar-refractivity contribution in [1.82, 2.24) is 0 Å². The number of amides is 1. The molecule has 2 aromatic rings. The van der Waals surface area contributed by atoms with Crippen LogP contribution in [0.2, 0.25) is 5.02 Å². The van der Waals surface area contributed by atoms with E-state index >= 15 is 0 Å². The van der Waals surface area contributed by atoms with Crippen molar-refractivity contribution >= 4 is 29.2 Å². The minimum atomic E-state index is -1.36. The molecule has 2 heterocycles. The number of fused-ring (bicyclic) bond motifs is 2. The van der Waals surface area contributed by atoms with Gasteiger partial charge in [-0.2, -0.15) is 0 Å². The number of hydrogen-bond donors (Lipinski definition) is 0. The maximum Gasteiger partial charge on any atom is 0.308 e. The zero-order valence-electron chi connectivity index (χ0n) is 12.5. The molecule has 1 fully saturated rings. The van der Waals surface area contributed by atoms with Crippen molar-refractivity contribution < 1.29 is 14.3 Å². The van der Waals surface area contributed by atoms with Gasteiger partial charge in [-0.25, -0.2) is 0 Å². The Kier molecular flexibility index (Phi) is 3.00. The average molecular weight is 328 g/mol. The van der Waals surface area contributed by atoms with Gasteiger partial charge in [0.05, 0.1) is 17.1 Å². The second-order valence-electron chi connectivity index (χ2n) is 5.88. The summed E-state index contributed by atoms with van der Waals surface area (Å²) in [6, 6.07) is 14.8. The van der Waals surface area contributed by atoms with Gasteiger partial charge in [0.1, 0.15) is 0 Å². The van der Waals surface area contributed by atoms with Gasteiger partial charge in [-0.3, -0.25) is 9.59 Å².